The van der Waals surface area contributed by atoms with Crippen LogP contribution in [0, 0.1) is 11.3 Å². The van der Waals surface area contributed by atoms with Crippen molar-refractivity contribution in [3.05, 3.63) is 61.9 Å². The lowest BCUT2D eigenvalue weighted by atomic mass is 10.2. The number of alkyl halides is 3. The Kier molecular flexibility index (Phi) is 4.61. The van der Waals surface area contributed by atoms with Crippen LogP contribution in [0.2, 0.25) is 0 Å². The molecule has 0 spiro atoms. The topological polar surface area (TPSA) is 96.9 Å². The molecule has 2 aromatic rings. The van der Waals surface area contributed by atoms with E-state index >= 15 is 0 Å². The number of amides is 1. The van der Waals surface area contributed by atoms with Gasteiger partial charge in [-0.1, -0.05) is 0 Å². The standard InChI is InChI=1S/C17H13F3N4O3/c18-17(19,20)10-3-5-11(6-4-10)22-14(25)9-24-15(26)12(8-21)13-2-1-7-23(13)16(24)27/h3-6H,1-2,7,9H2,(H,22,25). The molecule has 10 heteroatoms. The summed E-state index contributed by atoms with van der Waals surface area (Å²) in [7, 11) is 0. The van der Waals surface area contributed by atoms with Crippen LogP contribution in [-0.4, -0.2) is 15.0 Å². The maximum absolute atomic E-state index is 12.6. The zero-order chi connectivity index (χ0) is 19.8. The molecule has 0 saturated heterocycles. The van der Waals surface area contributed by atoms with Crippen molar-refractivity contribution < 1.29 is 18.0 Å². The first kappa shape index (κ1) is 18.4. The monoisotopic (exact) mass is 378 g/mol. The van der Waals surface area contributed by atoms with Crippen molar-refractivity contribution >= 4 is 11.6 Å². The Morgan fingerprint density at radius 1 is 1.22 bits per heavy atom. The van der Waals surface area contributed by atoms with Crippen LogP contribution in [0.1, 0.15) is 23.2 Å². The molecule has 1 aromatic carbocycles. The van der Waals surface area contributed by atoms with Crippen LogP contribution >= 0.6 is 0 Å². The minimum Gasteiger partial charge on any atom is -0.325 e. The molecule has 0 atom stereocenters. The van der Waals surface area contributed by atoms with Crippen molar-refractivity contribution in [2.75, 3.05) is 5.32 Å². The molecule has 1 N–H and O–H groups in total. The van der Waals surface area contributed by atoms with Crippen molar-refractivity contribution in [2.24, 2.45) is 0 Å². The largest absolute Gasteiger partial charge is 0.416 e. The number of fused-ring (bicyclic) bond motifs is 1. The second-order valence-corrected chi connectivity index (χ2v) is 5.99. The number of carbonyl (C=O) groups excluding carboxylic acids is 1. The quantitative estimate of drug-likeness (QED) is 0.875. The first-order chi connectivity index (χ1) is 12.7. The van der Waals surface area contributed by atoms with Crippen LogP contribution in [0.4, 0.5) is 18.9 Å². The van der Waals surface area contributed by atoms with Gasteiger partial charge in [0.05, 0.1) is 5.56 Å². The lowest BCUT2D eigenvalue weighted by Crippen LogP contribution is -2.44. The fraction of sp³-hybridized carbons (Fsp3) is 0.294. The zero-order valence-electron chi connectivity index (χ0n) is 13.8. The minimum absolute atomic E-state index is 0.0859. The summed E-state index contributed by atoms with van der Waals surface area (Å²) in [6.07, 6.45) is -3.44. The van der Waals surface area contributed by atoms with Gasteiger partial charge in [-0.2, -0.15) is 18.4 Å². The molecule has 0 radical (unpaired) electrons. The third-order valence-electron chi connectivity index (χ3n) is 4.24. The molecular weight excluding hydrogens is 365 g/mol. The molecule has 0 aliphatic carbocycles. The second kappa shape index (κ2) is 6.75. The molecule has 2 heterocycles. The number of benzene rings is 1. The molecule has 1 amide bonds. The Labute approximate surface area is 150 Å². The second-order valence-electron chi connectivity index (χ2n) is 5.99. The highest BCUT2D eigenvalue weighted by molar-refractivity contribution is 5.90. The van der Waals surface area contributed by atoms with Gasteiger partial charge in [-0.15, -0.1) is 0 Å². The fourth-order valence-corrected chi connectivity index (χ4v) is 2.98. The van der Waals surface area contributed by atoms with Gasteiger partial charge in [0.1, 0.15) is 18.2 Å². The van der Waals surface area contributed by atoms with Crippen LogP contribution in [-0.2, 0) is 30.5 Å². The zero-order valence-corrected chi connectivity index (χ0v) is 13.8. The van der Waals surface area contributed by atoms with Gasteiger partial charge in [-0.05, 0) is 37.1 Å². The number of carbonyl (C=O) groups is 1. The highest BCUT2D eigenvalue weighted by atomic mass is 19.4. The number of hydrogen-bond acceptors (Lipinski definition) is 4. The summed E-state index contributed by atoms with van der Waals surface area (Å²) in [4.78, 5) is 36.9. The van der Waals surface area contributed by atoms with Gasteiger partial charge in [0.25, 0.3) is 5.56 Å². The van der Waals surface area contributed by atoms with E-state index in [2.05, 4.69) is 5.32 Å². The summed E-state index contributed by atoms with van der Waals surface area (Å²) < 4.78 is 39.6. The van der Waals surface area contributed by atoms with Crippen molar-refractivity contribution in [3.63, 3.8) is 0 Å². The van der Waals surface area contributed by atoms with Crippen LogP contribution < -0.4 is 16.6 Å². The fourth-order valence-electron chi connectivity index (χ4n) is 2.98. The van der Waals surface area contributed by atoms with Gasteiger partial charge in [0, 0.05) is 17.9 Å². The molecule has 140 valence electrons. The molecule has 3 rings (SSSR count). The van der Waals surface area contributed by atoms with Crippen molar-refractivity contribution in [1.29, 1.82) is 5.26 Å². The van der Waals surface area contributed by atoms with Crippen LogP contribution in [0.15, 0.2) is 33.9 Å². The Morgan fingerprint density at radius 2 is 1.89 bits per heavy atom. The van der Waals surface area contributed by atoms with E-state index in [-0.39, 0.29) is 11.3 Å². The SMILES string of the molecule is N#Cc1c2n(c(=O)n(CC(=O)Nc3ccc(C(F)(F)F)cc3)c1=O)CCC2. The molecule has 0 fully saturated rings. The average Bonchev–Trinajstić information content (AvgIpc) is 3.08. The normalized spacial score (nSPS) is 13.1. The highest BCUT2D eigenvalue weighted by Gasteiger charge is 2.30. The van der Waals surface area contributed by atoms with Crippen LogP contribution in [0.5, 0.6) is 0 Å². The Hall–Kier alpha value is -3.35. The van der Waals surface area contributed by atoms with E-state index in [0.29, 0.717) is 29.6 Å². The first-order valence-electron chi connectivity index (χ1n) is 7.96. The number of nitrogens with one attached hydrogen (secondary N) is 1. The number of nitriles is 1. The number of halogens is 3. The van der Waals surface area contributed by atoms with Gasteiger partial charge in [-0.3, -0.25) is 14.2 Å². The number of hydrogen-bond donors (Lipinski definition) is 1. The van der Waals surface area contributed by atoms with Crippen molar-refractivity contribution in [2.45, 2.75) is 32.1 Å². The molecule has 0 unspecified atom stereocenters. The Morgan fingerprint density at radius 3 is 2.48 bits per heavy atom. The summed E-state index contributed by atoms with van der Waals surface area (Å²) in [5.74, 6) is -0.767. The summed E-state index contributed by atoms with van der Waals surface area (Å²) in [5.41, 5.74) is -2.12. The third kappa shape index (κ3) is 3.48. The first-order valence-corrected chi connectivity index (χ1v) is 7.96. The molecule has 1 aliphatic rings. The lowest BCUT2D eigenvalue weighted by Gasteiger charge is -2.12. The van der Waals surface area contributed by atoms with E-state index in [0.717, 1.165) is 24.3 Å². The van der Waals surface area contributed by atoms with Crippen molar-refractivity contribution in [1.82, 2.24) is 9.13 Å². The van der Waals surface area contributed by atoms with E-state index in [1.54, 1.807) is 6.07 Å². The van der Waals surface area contributed by atoms with E-state index < -0.39 is 35.4 Å². The van der Waals surface area contributed by atoms with E-state index in [9.17, 15) is 32.8 Å². The lowest BCUT2D eigenvalue weighted by molar-refractivity contribution is -0.137. The Bertz CT molecular complexity index is 1060. The smallest absolute Gasteiger partial charge is 0.325 e. The molecule has 27 heavy (non-hydrogen) atoms. The third-order valence-corrected chi connectivity index (χ3v) is 4.24. The number of rotatable bonds is 3. The van der Waals surface area contributed by atoms with Gasteiger partial charge in [-0.25, -0.2) is 9.36 Å². The number of anilines is 1. The summed E-state index contributed by atoms with van der Waals surface area (Å²) in [6.45, 7) is -0.294. The number of nitrogens with zero attached hydrogens (tertiary/aromatic N) is 3. The summed E-state index contributed by atoms with van der Waals surface area (Å²) >= 11 is 0. The molecule has 0 bridgehead atoms. The maximum atomic E-state index is 12.6. The van der Waals surface area contributed by atoms with Gasteiger partial charge >= 0.3 is 11.9 Å². The average molecular weight is 378 g/mol. The predicted octanol–water partition coefficient (Wildman–Crippen LogP) is 1.49. The Balaban J connectivity index is 1.84. The number of aromatic nitrogens is 2. The molecule has 1 aliphatic heterocycles. The summed E-state index contributed by atoms with van der Waals surface area (Å²) in [6, 6.07) is 5.52. The van der Waals surface area contributed by atoms with Gasteiger partial charge < -0.3 is 5.32 Å². The molecule has 1 aromatic heterocycles. The molecule has 0 saturated carbocycles. The molecular formula is C17H13F3N4O3. The van der Waals surface area contributed by atoms with Crippen LogP contribution in [0.25, 0.3) is 0 Å². The highest BCUT2D eigenvalue weighted by Crippen LogP contribution is 2.29. The maximum Gasteiger partial charge on any atom is 0.416 e. The van der Waals surface area contributed by atoms with E-state index in [1.807, 2.05) is 0 Å². The van der Waals surface area contributed by atoms with E-state index in [4.69, 9.17) is 0 Å². The molecule has 7 nitrogen and oxygen atoms in total. The predicted molar refractivity (Wildman–Crippen MR) is 88.1 cm³/mol. The van der Waals surface area contributed by atoms with Crippen molar-refractivity contribution in [3.8, 4) is 6.07 Å². The van der Waals surface area contributed by atoms with Gasteiger partial charge in [0.2, 0.25) is 5.91 Å². The van der Waals surface area contributed by atoms with Crippen LogP contribution in [0.3, 0.4) is 0 Å². The summed E-state index contributed by atoms with van der Waals surface area (Å²) in [5, 5.41) is 11.5. The van der Waals surface area contributed by atoms with Gasteiger partial charge in [0.15, 0.2) is 0 Å². The van der Waals surface area contributed by atoms with E-state index in [1.165, 1.54) is 4.57 Å². The minimum atomic E-state index is -4.50.